The Bertz CT molecular complexity index is 793. The zero-order chi connectivity index (χ0) is 15.1. The third kappa shape index (κ3) is 4.52. The van der Waals surface area contributed by atoms with Gasteiger partial charge in [-0.2, -0.15) is 0 Å². The number of phenols is 2. The van der Waals surface area contributed by atoms with E-state index in [2.05, 4.69) is 4.33 Å². The Kier molecular flexibility index (Phi) is 8.73. The van der Waals surface area contributed by atoms with Gasteiger partial charge in [0.2, 0.25) is 0 Å². The molecule has 0 aliphatic carbocycles. The summed E-state index contributed by atoms with van der Waals surface area (Å²) < 4.78 is 36.6. The van der Waals surface area contributed by atoms with E-state index in [1.54, 1.807) is 0 Å². The molecule has 0 spiro atoms. The molecular formula is C11H8Na2O7S2. The average molecular weight is 362 g/mol. The van der Waals surface area contributed by atoms with Gasteiger partial charge in [-0.3, -0.25) is 0 Å². The molecule has 0 amide bonds. The van der Waals surface area contributed by atoms with Gasteiger partial charge in [0.05, 0.1) is 10.3 Å². The van der Waals surface area contributed by atoms with Gasteiger partial charge in [-0.15, -0.1) is 0 Å². The van der Waals surface area contributed by atoms with Gasteiger partial charge in [0.15, 0.2) is 0 Å². The zero-order valence-electron chi connectivity index (χ0n) is 12.0. The average Bonchev–Trinajstić information content (AvgIpc) is 2.34. The van der Waals surface area contributed by atoms with Gasteiger partial charge in [0.25, 0.3) is 0 Å². The largest absolute Gasteiger partial charge is 1.00 e. The van der Waals surface area contributed by atoms with E-state index >= 15 is 0 Å². The van der Waals surface area contributed by atoms with Crippen LogP contribution in [0.15, 0.2) is 28.0 Å². The van der Waals surface area contributed by atoms with Crippen LogP contribution in [0.1, 0.15) is 5.56 Å². The first kappa shape index (κ1) is 22.5. The Morgan fingerprint density at radius 3 is 2.27 bits per heavy atom. The first-order valence-corrected chi connectivity index (χ1v) is 7.32. The van der Waals surface area contributed by atoms with Crippen molar-refractivity contribution < 1.29 is 91.9 Å². The minimum Gasteiger partial charge on any atom is -0.744 e. The van der Waals surface area contributed by atoms with Crippen molar-refractivity contribution in [2.24, 2.45) is 0 Å². The zero-order valence-corrected chi connectivity index (χ0v) is 17.6. The summed E-state index contributed by atoms with van der Waals surface area (Å²) in [6.07, 6.45) is 0. The van der Waals surface area contributed by atoms with Crippen LogP contribution >= 0.6 is 12.0 Å². The summed E-state index contributed by atoms with van der Waals surface area (Å²) >= 11 is 0.425. The van der Waals surface area contributed by atoms with Crippen molar-refractivity contribution in [3.63, 3.8) is 0 Å². The van der Waals surface area contributed by atoms with Gasteiger partial charge in [-0.05, 0) is 30.5 Å². The molecule has 108 valence electrons. The molecule has 0 aliphatic rings. The van der Waals surface area contributed by atoms with E-state index in [4.69, 9.17) is 0 Å². The molecule has 0 aromatic heterocycles. The fourth-order valence-electron chi connectivity index (χ4n) is 1.81. The standard InChI is InChI=1S/C11H10O7S2.2Na/c1-5-9(19-18-14)3-6-2-7(20(15,16)17)4-8(12)10(6)11(5)13;;/h2-4,12-14H,1H3,(H,15,16,17);;/q;2*+1/p-2. The second-order valence-electron chi connectivity index (χ2n) is 3.99. The Balaban J connectivity index is 0.00000220. The van der Waals surface area contributed by atoms with Crippen molar-refractivity contribution in [2.75, 3.05) is 0 Å². The minimum absolute atomic E-state index is 0. The summed E-state index contributed by atoms with van der Waals surface area (Å²) in [6.45, 7) is 1.49. The van der Waals surface area contributed by atoms with E-state index in [1.165, 1.54) is 13.0 Å². The minimum atomic E-state index is -4.76. The summed E-state index contributed by atoms with van der Waals surface area (Å²) in [5.41, 5.74) is 0.284. The van der Waals surface area contributed by atoms with Crippen LogP contribution in [0, 0.1) is 6.92 Å². The number of fused-ring (bicyclic) bond motifs is 1. The van der Waals surface area contributed by atoms with Crippen LogP contribution in [0.25, 0.3) is 10.8 Å². The van der Waals surface area contributed by atoms with E-state index in [1.807, 2.05) is 0 Å². The monoisotopic (exact) mass is 362 g/mol. The molecule has 0 unspecified atom stereocenters. The summed E-state index contributed by atoms with van der Waals surface area (Å²) in [5, 5.41) is 30.0. The van der Waals surface area contributed by atoms with Crippen LogP contribution in [0.4, 0.5) is 0 Å². The quantitative estimate of drug-likeness (QED) is 0.182. The molecule has 2 rings (SSSR count). The maximum atomic E-state index is 11.0. The molecular weight excluding hydrogens is 354 g/mol. The molecule has 2 N–H and O–H groups in total. The van der Waals surface area contributed by atoms with Crippen LogP contribution in [0.2, 0.25) is 0 Å². The predicted octanol–water partition coefficient (Wildman–Crippen LogP) is -5.23. The molecule has 0 saturated carbocycles. The fourth-order valence-corrected chi connectivity index (χ4v) is 2.81. The molecule has 22 heavy (non-hydrogen) atoms. The van der Waals surface area contributed by atoms with Crippen LogP contribution in [0.5, 0.6) is 11.5 Å². The van der Waals surface area contributed by atoms with E-state index in [0.29, 0.717) is 12.0 Å². The van der Waals surface area contributed by atoms with Gasteiger partial charge < -0.3 is 24.4 Å². The van der Waals surface area contributed by atoms with Crippen molar-refractivity contribution in [1.29, 1.82) is 0 Å². The Morgan fingerprint density at radius 2 is 1.77 bits per heavy atom. The molecule has 0 fully saturated rings. The van der Waals surface area contributed by atoms with Gasteiger partial charge >= 0.3 is 59.1 Å². The van der Waals surface area contributed by atoms with E-state index in [0.717, 1.165) is 12.1 Å². The molecule has 2 aromatic rings. The molecule has 0 atom stereocenters. The van der Waals surface area contributed by atoms with Gasteiger partial charge in [-0.25, -0.2) is 8.42 Å². The molecule has 0 bridgehead atoms. The van der Waals surface area contributed by atoms with Crippen LogP contribution in [-0.4, -0.2) is 23.2 Å². The maximum Gasteiger partial charge on any atom is 1.00 e. The third-order valence-corrected chi connectivity index (χ3v) is 4.27. The van der Waals surface area contributed by atoms with Crippen LogP contribution in [0.3, 0.4) is 0 Å². The first-order chi connectivity index (χ1) is 9.25. The van der Waals surface area contributed by atoms with Crippen LogP contribution in [-0.2, 0) is 14.5 Å². The Morgan fingerprint density at radius 1 is 1.18 bits per heavy atom. The molecule has 0 heterocycles. The van der Waals surface area contributed by atoms with Gasteiger partial charge in [0.1, 0.15) is 21.6 Å². The Labute approximate surface area is 175 Å². The number of hydrogen-bond donors (Lipinski definition) is 2. The number of rotatable bonds is 3. The summed E-state index contributed by atoms with van der Waals surface area (Å²) in [5.74, 6) is -0.869. The molecule has 0 saturated heterocycles. The van der Waals surface area contributed by atoms with Crippen molar-refractivity contribution in [3.8, 4) is 11.5 Å². The van der Waals surface area contributed by atoms with Crippen molar-refractivity contribution >= 4 is 32.9 Å². The van der Waals surface area contributed by atoms with Gasteiger partial charge in [0, 0.05) is 22.5 Å². The summed E-state index contributed by atoms with van der Waals surface area (Å²) in [7, 11) is -4.76. The summed E-state index contributed by atoms with van der Waals surface area (Å²) in [4.78, 5) is -0.394. The van der Waals surface area contributed by atoms with E-state index in [-0.39, 0.29) is 86.1 Å². The topological polar surface area (TPSA) is 130 Å². The van der Waals surface area contributed by atoms with E-state index < -0.39 is 20.8 Å². The summed E-state index contributed by atoms with van der Waals surface area (Å²) in [6, 6.07) is 3.10. The number of phenolic OH excluding ortho intramolecular Hbond substituents is 2. The molecule has 11 heteroatoms. The normalized spacial score (nSPS) is 10.9. The molecule has 0 aliphatic heterocycles. The SMILES string of the molecule is Cc1c(SO[O-])cc2cc(S(=O)(=O)[O-])cc(O)c2c1O.[Na+].[Na+]. The molecule has 7 nitrogen and oxygen atoms in total. The molecule has 2 aromatic carbocycles. The van der Waals surface area contributed by atoms with Crippen molar-refractivity contribution in [2.45, 2.75) is 16.7 Å². The first-order valence-electron chi connectivity index (χ1n) is 5.17. The van der Waals surface area contributed by atoms with Crippen molar-refractivity contribution in [3.05, 3.63) is 23.8 Å². The predicted molar refractivity (Wildman–Crippen MR) is 66.9 cm³/mol. The smallest absolute Gasteiger partial charge is 0.744 e. The number of aromatic hydroxyl groups is 2. The van der Waals surface area contributed by atoms with Crippen molar-refractivity contribution in [1.82, 2.24) is 0 Å². The van der Waals surface area contributed by atoms with Crippen LogP contribution < -0.4 is 64.4 Å². The number of hydrogen-bond acceptors (Lipinski definition) is 8. The molecule has 0 radical (unpaired) electrons. The Hall–Kier alpha value is 0.480. The van der Waals surface area contributed by atoms with E-state index in [9.17, 15) is 28.4 Å². The van der Waals surface area contributed by atoms with Gasteiger partial charge in [-0.1, -0.05) is 0 Å². The second-order valence-corrected chi connectivity index (χ2v) is 6.12. The third-order valence-electron chi connectivity index (χ3n) is 2.78. The maximum absolute atomic E-state index is 11.0. The second kappa shape index (κ2) is 8.54. The fraction of sp³-hybridized carbons (Fsp3) is 0.0909. The number of benzene rings is 2.